The molecule has 0 bridgehead atoms. The molecule has 96 valence electrons. The fourth-order valence-corrected chi connectivity index (χ4v) is 2.70. The van der Waals surface area contributed by atoms with Gasteiger partial charge in [0.15, 0.2) is 5.13 Å². The topological polar surface area (TPSA) is 80.0 Å². The van der Waals surface area contributed by atoms with Crippen LogP contribution >= 0.6 is 22.9 Å². The normalized spacial score (nSPS) is 10.6. The maximum atomic E-state index is 11.6. The number of benzene rings is 1. The number of nitrogens with two attached hydrogens (primary N) is 1. The predicted molar refractivity (Wildman–Crippen MR) is 76.0 cm³/mol. The second-order valence-corrected chi connectivity index (χ2v) is 5.14. The van der Waals surface area contributed by atoms with Gasteiger partial charge in [0.05, 0.1) is 15.4 Å². The van der Waals surface area contributed by atoms with Crippen LogP contribution in [0.15, 0.2) is 12.1 Å². The molecular formula is C11H13ClN4OS. The Balaban J connectivity index is 2.41. The van der Waals surface area contributed by atoms with Gasteiger partial charge in [0.25, 0.3) is 0 Å². The highest BCUT2D eigenvalue weighted by atomic mass is 35.5. The molecule has 18 heavy (non-hydrogen) atoms. The zero-order valence-corrected chi connectivity index (χ0v) is 11.4. The van der Waals surface area contributed by atoms with Crippen LogP contribution in [0.3, 0.4) is 0 Å². The third-order valence-corrected chi connectivity index (χ3v) is 3.69. The van der Waals surface area contributed by atoms with Crippen LogP contribution in [0.5, 0.6) is 0 Å². The molecule has 0 spiro atoms. The Bertz CT molecular complexity index is 584. The summed E-state index contributed by atoms with van der Waals surface area (Å²) in [5.41, 5.74) is 3.84. The highest BCUT2D eigenvalue weighted by Gasteiger charge is 2.12. The van der Waals surface area contributed by atoms with Crippen LogP contribution in [-0.4, -0.2) is 10.9 Å². The third-order valence-electron chi connectivity index (χ3n) is 2.37. The first-order chi connectivity index (χ1) is 8.65. The number of hydrogen-bond donors (Lipinski definition) is 3. The van der Waals surface area contributed by atoms with Crippen molar-refractivity contribution in [2.45, 2.75) is 19.8 Å². The van der Waals surface area contributed by atoms with E-state index in [4.69, 9.17) is 17.4 Å². The van der Waals surface area contributed by atoms with Gasteiger partial charge in [0.2, 0.25) is 5.91 Å². The smallest absolute Gasteiger partial charge is 0.224 e. The molecule has 1 aromatic heterocycles. The lowest BCUT2D eigenvalue weighted by atomic mass is 10.2. The van der Waals surface area contributed by atoms with Gasteiger partial charge in [-0.15, -0.1) is 0 Å². The van der Waals surface area contributed by atoms with E-state index in [0.29, 0.717) is 27.8 Å². The number of aromatic nitrogens is 1. The van der Waals surface area contributed by atoms with Crippen molar-refractivity contribution >= 4 is 49.9 Å². The number of carbonyl (C=O) groups is 1. The van der Waals surface area contributed by atoms with Gasteiger partial charge in [0.1, 0.15) is 5.52 Å². The molecule has 7 heteroatoms. The molecule has 0 atom stereocenters. The predicted octanol–water partition coefficient (Wildman–Crippen LogP) is 2.97. The Morgan fingerprint density at radius 2 is 2.33 bits per heavy atom. The van der Waals surface area contributed by atoms with Gasteiger partial charge in [0, 0.05) is 6.42 Å². The molecule has 4 N–H and O–H groups in total. The lowest BCUT2D eigenvalue weighted by Gasteiger charge is -2.05. The minimum atomic E-state index is -0.0169. The van der Waals surface area contributed by atoms with Crippen LogP contribution in [-0.2, 0) is 4.79 Å². The van der Waals surface area contributed by atoms with Gasteiger partial charge in [-0.25, -0.2) is 10.8 Å². The van der Waals surface area contributed by atoms with E-state index in [9.17, 15) is 4.79 Å². The molecule has 0 saturated heterocycles. The molecule has 1 aromatic carbocycles. The molecular weight excluding hydrogens is 272 g/mol. The van der Waals surface area contributed by atoms with Crippen molar-refractivity contribution in [1.82, 2.24) is 4.98 Å². The van der Waals surface area contributed by atoms with Crippen molar-refractivity contribution in [3.8, 4) is 0 Å². The van der Waals surface area contributed by atoms with E-state index in [0.717, 1.165) is 11.1 Å². The monoisotopic (exact) mass is 284 g/mol. The average Bonchev–Trinajstić information content (AvgIpc) is 2.78. The molecule has 1 amide bonds. The van der Waals surface area contributed by atoms with Crippen molar-refractivity contribution < 1.29 is 4.79 Å². The van der Waals surface area contributed by atoms with Crippen molar-refractivity contribution in [3.05, 3.63) is 17.2 Å². The van der Waals surface area contributed by atoms with Crippen LogP contribution in [0, 0.1) is 0 Å². The number of nitrogens with one attached hydrogen (secondary N) is 2. The zero-order valence-electron chi connectivity index (χ0n) is 9.79. The molecule has 0 aliphatic heterocycles. The summed E-state index contributed by atoms with van der Waals surface area (Å²) in [6.07, 6.45) is 1.30. The molecule has 2 rings (SSSR count). The number of halogens is 1. The first-order valence-corrected chi connectivity index (χ1v) is 6.70. The van der Waals surface area contributed by atoms with Gasteiger partial charge in [-0.2, -0.15) is 0 Å². The summed E-state index contributed by atoms with van der Waals surface area (Å²) in [7, 11) is 0. The molecule has 0 aliphatic rings. The van der Waals surface area contributed by atoms with Crippen LogP contribution in [0.1, 0.15) is 19.8 Å². The Hall–Kier alpha value is -1.37. The number of carbonyl (C=O) groups excluding carboxylic acids is 1. The summed E-state index contributed by atoms with van der Waals surface area (Å²) in [6.45, 7) is 1.96. The van der Waals surface area contributed by atoms with Crippen molar-refractivity contribution in [2.75, 3.05) is 10.7 Å². The molecule has 2 aromatic rings. The number of anilines is 2. The van der Waals surface area contributed by atoms with E-state index in [-0.39, 0.29) is 5.91 Å². The number of thiazole rings is 1. The Morgan fingerprint density at radius 3 is 3.00 bits per heavy atom. The number of hydrazine groups is 1. The standard InChI is InChI=1S/C11H13ClN4OS/c1-2-3-8(17)14-7-5-4-6(12)9-10(7)18-11(15-9)16-13/h4-5H,2-3,13H2,1H3,(H,14,17)(H,15,16). The van der Waals surface area contributed by atoms with Crippen LogP contribution in [0.4, 0.5) is 10.8 Å². The number of rotatable bonds is 4. The minimum Gasteiger partial charge on any atom is -0.325 e. The minimum absolute atomic E-state index is 0.0169. The quantitative estimate of drug-likeness (QED) is 0.596. The van der Waals surface area contributed by atoms with Gasteiger partial charge in [-0.3, -0.25) is 10.2 Å². The zero-order chi connectivity index (χ0) is 13.1. The van der Waals surface area contributed by atoms with Gasteiger partial charge in [-0.05, 0) is 18.6 Å². The van der Waals surface area contributed by atoms with E-state index in [1.807, 2.05) is 6.92 Å². The first-order valence-electron chi connectivity index (χ1n) is 5.51. The van der Waals surface area contributed by atoms with Crippen LogP contribution in [0.25, 0.3) is 10.2 Å². The fraction of sp³-hybridized carbons (Fsp3) is 0.273. The fourth-order valence-electron chi connectivity index (χ4n) is 1.58. The summed E-state index contributed by atoms with van der Waals surface area (Å²) in [5, 5.41) is 3.95. The van der Waals surface area contributed by atoms with Crippen LogP contribution in [0.2, 0.25) is 5.02 Å². The third kappa shape index (κ3) is 2.55. The van der Waals surface area contributed by atoms with E-state index >= 15 is 0 Å². The van der Waals surface area contributed by atoms with Gasteiger partial charge < -0.3 is 5.32 Å². The molecule has 0 unspecified atom stereocenters. The highest BCUT2D eigenvalue weighted by molar-refractivity contribution is 7.22. The number of nitrogens with zero attached hydrogens (tertiary/aromatic N) is 1. The molecule has 0 radical (unpaired) electrons. The number of fused-ring (bicyclic) bond motifs is 1. The van der Waals surface area contributed by atoms with Crippen molar-refractivity contribution in [1.29, 1.82) is 0 Å². The van der Waals surface area contributed by atoms with E-state index in [1.165, 1.54) is 11.3 Å². The summed E-state index contributed by atoms with van der Waals surface area (Å²) < 4.78 is 0.819. The molecule has 0 fully saturated rings. The summed E-state index contributed by atoms with van der Waals surface area (Å²) in [6, 6.07) is 3.49. The Kier molecular flexibility index (Phi) is 4.00. The molecule has 0 saturated carbocycles. The highest BCUT2D eigenvalue weighted by Crippen LogP contribution is 2.36. The molecule has 1 heterocycles. The van der Waals surface area contributed by atoms with E-state index in [1.54, 1.807) is 12.1 Å². The summed E-state index contributed by atoms with van der Waals surface area (Å²) >= 11 is 7.41. The van der Waals surface area contributed by atoms with E-state index < -0.39 is 0 Å². The second-order valence-electron chi connectivity index (χ2n) is 3.73. The lowest BCUT2D eigenvalue weighted by Crippen LogP contribution is -2.10. The summed E-state index contributed by atoms with van der Waals surface area (Å²) in [5.74, 6) is 5.31. The number of amides is 1. The number of nitrogen functional groups attached to an aromatic ring is 1. The first kappa shape index (κ1) is 13.1. The van der Waals surface area contributed by atoms with Gasteiger partial charge in [-0.1, -0.05) is 29.9 Å². The SMILES string of the molecule is CCCC(=O)Nc1ccc(Cl)c2nc(NN)sc12. The van der Waals surface area contributed by atoms with E-state index in [2.05, 4.69) is 15.7 Å². The maximum absolute atomic E-state index is 11.6. The second kappa shape index (κ2) is 5.51. The van der Waals surface area contributed by atoms with Gasteiger partial charge >= 0.3 is 0 Å². The average molecular weight is 285 g/mol. The Labute approximate surface area is 113 Å². The summed E-state index contributed by atoms with van der Waals surface area (Å²) in [4.78, 5) is 15.9. The van der Waals surface area contributed by atoms with Crippen molar-refractivity contribution in [3.63, 3.8) is 0 Å². The molecule has 5 nitrogen and oxygen atoms in total. The van der Waals surface area contributed by atoms with Crippen LogP contribution < -0.4 is 16.6 Å². The largest absolute Gasteiger partial charge is 0.325 e. The maximum Gasteiger partial charge on any atom is 0.224 e. The Morgan fingerprint density at radius 1 is 1.56 bits per heavy atom. The molecule has 0 aliphatic carbocycles. The lowest BCUT2D eigenvalue weighted by molar-refractivity contribution is -0.116. The van der Waals surface area contributed by atoms with Crippen molar-refractivity contribution in [2.24, 2.45) is 5.84 Å². The number of hydrogen-bond acceptors (Lipinski definition) is 5.